The fourth-order valence-corrected chi connectivity index (χ4v) is 1.11. The van der Waals surface area contributed by atoms with Gasteiger partial charge in [0.15, 0.2) is 0 Å². The fourth-order valence-electron chi connectivity index (χ4n) is 1.11. The molecule has 2 aromatic rings. The van der Waals surface area contributed by atoms with Crippen LogP contribution in [0.15, 0.2) is 45.6 Å². The Labute approximate surface area is 70.8 Å². The predicted molar refractivity (Wildman–Crippen MR) is 44.5 cm³/mol. The van der Waals surface area contributed by atoms with Crippen LogP contribution in [0.1, 0.15) is 18.4 Å². The largest absolute Gasteiger partial charge is 0.468 e. The molecule has 2 heterocycles. The molecule has 61 valence electrons. The predicted octanol–water partition coefficient (Wildman–Crippen LogP) is 2.86. The monoisotopic (exact) mass is 161 g/mol. The quantitative estimate of drug-likeness (QED) is 0.676. The number of rotatable bonds is 2. The van der Waals surface area contributed by atoms with Crippen LogP contribution in [0.5, 0.6) is 0 Å². The van der Waals surface area contributed by atoms with E-state index < -0.39 is 0 Å². The van der Waals surface area contributed by atoms with Crippen molar-refractivity contribution < 1.29 is 8.83 Å². The normalized spacial score (nSPS) is 10.8. The molecule has 2 nitrogen and oxygen atoms in total. The van der Waals surface area contributed by atoms with E-state index in [2.05, 4.69) is 0 Å². The van der Waals surface area contributed by atoms with Gasteiger partial charge < -0.3 is 8.83 Å². The molecule has 0 aliphatic heterocycles. The molecule has 0 saturated heterocycles. The summed E-state index contributed by atoms with van der Waals surface area (Å²) >= 11 is 0. The molecular formula is C10H9O2. The van der Waals surface area contributed by atoms with Gasteiger partial charge in [0.25, 0.3) is 0 Å². The zero-order valence-electron chi connectivity index (χ0n) is 6.78. The van der Waals surface area contributed by atoms with Crippen molar-refractivity contribution in [3.63, 3.8) is 0 Å². The minimum atomic E-state index is 0.852. The summed E-state index contributed by atoms with van der Waals surface area (Å²) in [5.74, 6) is 2.72. The third-order valence-electron chi connectivity index (χ3n) is 1.78. The Morgan fingerprint density at radius 1 is 1.00 bits per heavy atom. The maximum Gasteiger partial charge on any atom is 0.118 e. The van der Waals surface area contributed by atoms with Crippen LogP contribution in [0.3, 0.4) is 0 Å². The Bertz CT molecular complexity index is 284. The van der Waals surface area contributed by atoms with Crippen LogP contribution in [0.25, 0.3) is 0 Å². The number of hydrogen-bond acceptors (Lipinski definition) is 2. The van der Waals surface area contributed by atoms with Gasteiger partial charge in [0.05, 0.1) is 12.5 Å². The first-order valence-electron chi connectivity index (χ1n) is 3.79. The maximum absolute atomic E-state index is 5.22. The molecule has 0 bridgehead atoms. The standard InChI is InChI=1S/C10H9O2/c1-8(9-4-2-6-11-9)10-5-3-7-12-10/h2-7H,1H3. The SMILES string of the molecule is C[C](c1ccco1)c1ccco1. The first-order valence-corrected chi connectivity index (χ1v) is 3.79. The van der Waals surface area contributed by atoms with Crippen LogP contribution < -0.4 is 0 Å². The molecule has 0 aliphatic carbocycles. The Balaban J connectivity index is 2.27. The zero-order chi connectivity index (χ0) is 8.39. The maximum atomic E-state index is 5.22. The van der Waals surface area contributed by atoms with E-state index in [1.165, 1.54) is 0 Å². The Hall–Kier alpha value is -1.44. The van der Waals surface area contributed by atoms with Gasteiger partial charge in [-0.3, -0.25) is 0 Å². The highest BCUT2D eigenvalue weighted by Crippen LogP contribution is 2.22. The molecule has 0 N–H and O–H groups in total. The van der Waals surface area contributed by atoms with Crippen molar-refractivity contribution in [3.8, 4) is 0 Å². The summed E-state index contributed by atoms with van der Waals surface area (Å²) in [7, 11) is 0. The molecule has 0 unspecified atom stereocenters. The van der Waals surface area contributed by atoms with E-state index in [1.807, 2.05) is 31.2 Å². The van der Waals surface area contributed by atoms with Crippen molar-refractivity contribution in [1.82, 2.24) is 0 Å². The van der Waals surface area contributed by atoms with E-state index in [1.54, 1.807) is 12.5 Å². The summed E-state index contributed by atoms with van der Waals surface area (Å²) in [5.41, 5.74) is 0. The lowest BCUT2D eigenvalue weighted by molar-refractivity contribution is 0.490. The second-order valence-electron chi connectivity index (χ2n) is 2.58. The highest BCUT2D eigenvalue weighted by Gasteiger charge is 2.13. The van der Waals surface area contributed by atoms with E-state index in [0.717, 1.165) is 17.4 Å². The minimum absolute atomic E-state index is 0.852. The molecule has 1 radical (unpaired) electrons. The number of furan rings is 2. The highest BCUT2D eigenvalue weighted by molar-refractivity contribution is 5.32. The van der Waals surface area contributed by atoms with Crippen LogP contribution in [0.4, 0.5) is 0 Å². The van der Waals surface area contributed by atoms with Gasteiger partial charge in [0.2, 0.25) is 0 Å². The molecule has 0 spiro atoms. The highest BCUT2D eigenvalue weighted by atomic mass is 16.3. The van der Waals surface area contributed by atoms with Gasteiger partial charge in [-0.1, -0.05) is 0 Å². The van der Waals surface area contributed by atoms with E-state index in [-0.39, 0.29) is 0 Å². The van der Waals surface area contributed by atoms with E-state index in [0.29, 0.717) is 0 Å². The van der Waals surface area contributed by atoms with Crippen LogP contribution in [-0.4, -0.2) is 0 Å². The van der Waals surface area contributed by atoms with Gasteiger partial charge in [0, 0.05) is 0 Å². The summed E-state index contributed by atoms with van der Waals surface area (Å²) < 4.78 is 10.4. The molecule has 0 aliphatic rings. The van der Waals surface area contributed by atoms with Crippen molar-refractivity contribution in [1.29, 1.82) is 0 Å². The first kappa shape index (κ1) is 7.22. The molecule has 0 fully saturated rings. The molecule has 0 amide bonds. The fraction of sp³-hybridized carbons (Fsp3) is 0.100. The second kappa shape index (κ2) is 2.89. The molecule has 2 rings (SSSR count). The third-order valence-corrected chi connectivity index (χ3v) is 1.78. The summed E-state index contributed by atoms with van der Waals surface area (Å²) in [6.45, 7) is 1.97. The van der Waals surface area contributed by atoms with Crippen LogP contribution in [0, 0.1) is 5.92 Å². The summed E-state index contributed by atoms with van der Waals surface area (Å²) in [4.78, 5) is 0. The topological polar surface area (TPSA) is 26.3 Å². The average molecular weight is 161 g/mol. The van der Waals surface area contributed by atoms with E-state index in [9.17, 15) is 0 Å². The van der Waals surface area contributed by atoms with Gasteiger partial charge in [-0.25, -0.2) is 0 Å². The second-order valence-corrected chi connectivity index (χ2v) is 2.58. The Morgan fingerprint density at radius 3 is 1.83 bits per heavy atom. The summed E-state index contributed by atoms with van der Waals surface area (Å²) in [6.07, 6.45) is 3.31. The Kier molecular flexibility index (Phi) is 1.74. The van der Waals surface area contributed by atoms with Crippen molar-refractivity contribution in [2.45, 2.75) is 6.92 Å². The van der Waals surface area contributed by atoms with Crippen molar-refractivity contribution in [2.24, 2.45) is 0 Å². The smallest absolute Gasteiger partial charge is 0.118 e. The molecule has 12 heavy (non-hydrogen) atoms. The zero-order valence-corrected chi connectivity index (χ0v) is 6.78. The van der Waals surface area contributed by atoms with Crippen molar-refractivity contribution in [2.75, 3.05) is 0 Å². The van der Waals surface area contributed by atoms with Gasteiger partial charge in [-0.2, -0.15) is 0 Å². The average Bonchev–Trinajstić information content (AvgIpc) is 2.77. The molecule has 2 heteroatoms. The Morgan fingerprint density at radius 2 is 1.50 bits per heavy atom. The van der Waals surface area contributed by atoms with Crippen molar-refractivity contribution >= 4 is 0 Å². The lowest BCUT2D eigenvalue weighted by Gasteiger charge is -2.01. The first-order chi connectivity index (χ1) is 5.88. The van der Waals surface area contributed by atoms with Gasteiger partial charge in [0.1, 0.15) is 17.4 Å². The van der Waals surface area contributed by atoms with Crippen LogP contribution in [-0.2, 0) is 0 Å². The molecule has 0 atom stereocenters. The van der Waals surface area contributed by atoms with Crippen LogP contribution >= 0.6 is 0 Å². The number of hydrogen-bond donors (Lipinski definition) is 0. The molecular weight excluding hydrogens is 152 g/mol. The lowest BCUT2D eigenvalue weighted by Crippen LogP contribution is -1.91. The van der Waals surface area contributed by atoms with E-state index >= 15 is 0 Å². The van der Waals surface area contributed by atoms with Gasteiger partial charge in [-0.15, -0.1) is 0 Å². The van der Waals surface area contributed by atoms with Crippen molar-refractivity contribution in [3.05, 3.63) is 54.2 Å². The minimum Gasteiger partial charge on any atom is -0.468 e. The summed E-state index contributed by atoms with van der Waals surface area (Å²) in [5, 5.41) is 0. The molecule has 0 saturated carbocycles. The summed E-state index contributed by atoms with van der Waals surface area (Å²) in [6, 6.07) is 7.55. The molecule has 2 aromatic heterocycles. The van der Waals surface area contributed by atoms with Crippen LogP contribution in [0.2, 0.25) is 0 Å². The third kappa shape index (κ3) is 1.16. The van der Waals surface area contributed by atoms with E-state index in [4.69, 9.17) is 8.83 Å². The van der Waals surface area contributed by atoms with Gasteiger partial charge >= 0.3 is 0 Å². The molecule has 0 aromatic carbocycles. The van der Waals surface area contributed by atoms with Gasteiger partial charge in [-0.05, 0) is 31.2 Å². The lowest BCUT2D eigenvalue weighted by atomic mass is 10.1.